The molecule has 7 aliphatic rings. The zero-order valence-electron chi connectivity index (χ0n) is 23.3. The van der Waals surface area contributed by atoms with Crippen molar-refractivity contribution in [2.75, 3.05) is 0 Å². The second kappa shape index (κ2) is 9.05. The third-order valence-electron chi connectivity index (χ3n) is 10.5. The van der Waals surface area contributed by atoms with Gasteiger partial charge in [0.15, 0.2) is 12.2 Å². The summed E-state index contributed by atoms with van der Waals surface area (Å²) >= 11 is 4.73. The number of ketones is 1. The summed E-state index contributed by atoms with van der Waals surface area (Å²) in [5.74, 6) is -1.92. The van der Waals surface area contributed by atoms with E-state index in [0.29, 0.717) is 30.3 Å². The number of hydrogen-bond acceptors (Lipinski definition) is 9. The lowest BCUT2D eigenvalue weighted by Crippen LogP contribution is -2.56. The number of fused-ring (bicyclic) bond motifs is 1. The number of rotatable bonds is 6. The molecule has 0 aromatic heterocycles. The SMILES string of the molecule is CC(C)c1cc(OC(=O)C2C3OC4C(OC(=O)C42)C3OC(=O)C23CC4CC(C2)C(=O)C(C4)C3)cc(C(C)C)c1S. The normalized spacial score (nSPS) is 40.3. The molecular formula is C31H36O8S. The van der Waals surface area contributed by atoms with E-state index in [1.54, 1.807) is 0 Å². The van der Waals surface area contributed by atoms with Crippen molar-refractivity contribution in [1.29, 1.82) is 0 Å². The van der Waals surface area contributed by atoms with Gasteiger partial charge in [-0.25, -0.2) is 0 Å². The number of carbonyl (C=O) groups excluding carboxylic acids is 4. The summed E-state index contributed by atoms with van der Waals surface area (Å²) in [4.78, 5) is 53.8. The van der Waals surface area contributed by atoms with Gasteiger partial charge >= 0.3 is 17.9 Å². The van der Waals surface area contributed by atoms with Crippen molar-refractivity contribution in [2.24, 2.45) is 35.0 Å². The van der Waals surface area contributed by atoms with Crippen LogP contribution in [0.3, 0.4) is 0 Å². The number of benzene rings is 1. The lowest BCUT2D eigenvalue weighted by Gasteiger charge is -2.54. The van der Waals surface area contributed by atoms with Crippen LogP contribution in [0.1, 0.15) is 82.8 Å². The lowest BCUT2D eigenvalue weighted by atomic mass is 9.49. The molecular weight excluding hydrogens is 532 g/mol. The van der Waals surface area contributed by atoms with Crippen LogP contribution in [0, 0.1) is 35.0 Å². The number of thiol groups is 1. The first-order chi connectivity index (χ1) is 19.0. The van der Waals surface area contributed by atoms with Gasteiger partial charge in [0.05, 0.1) is 5.41 Å². The summed E-state index contributed by atoms with van der Waals surface area (Å²) in [6.45, 7) is 8.23. The van der Waals surface area contributed by atoms with Crippen LogP contribution in [0.2, 0.25) is 0 Å². The molecule has 3 saturated heterocycles. The quantitative estimate of drug-likeness (QED) is 0.306. The summed E-state index contributed by atoms with van der Waals surface area (Å²) in [5, 5.41) is 0. The van der Waals surface area contributed by atoms with E-state index in [1.165, 1.54) is 0 Å². The molecule has 0 radical (unpaired) electrons. The smallest absolute Gasteiger partial charge is 0.318 e. The number of hydrogen-bond donors (Lipinski definition) is 1. The Morgan fingerprint density at radius 1 is 0.950 bits per heavy atom. The van der Waals surface area contributed by atoms with Gasteiger partial charge < -0.3 is 18.9 Å². The molecule has 1 aromatic carbocycles. The first-order valence-electron chi connectivity index (χ1n) is 14.7. The molecule has 8 rings (SSSR count). The van der Waals surface area contributed by atoms with Gasteiger partial charge in [-0.2, -0.15) is 0 Å². The molecule has 7 fully saturated rings. The monoisotopic (exact) mass is 568 g/mol. The molecule has 0 N–H and O–H groups in total. The standard InChI is InChI=1S/C31H36O8S/c1-12(2)18-7-17(8-19(13(3)4)27(18)40)36-28(33)20-21-23-25(38-29(21)34)26(24(20)37-23)39-30(35)31-9-14-5-15(10-31)22(32)16(6-14)11-31/h7-8,12-16,20-21,23-26,40H,5-6,9-11H2,1-4H3. The summed E-state index contributed by atoms with van der Waals surface area (Å²) < 4.78 is 23.8. The predicted molar refractivity (Wildman–Crippen MR) is 144 cm³/mol. The number of carbonyl (C=O) groups is 4. The zero-order chi connectivity index (χ0) is 28.2. The van der Waals surface area contributed by atoms with Crippen LogP contribution >= 0.6 is 12.6 Å². The minimum Gasteiger partial charge on any atom is -0.455 e. The Hall–Kier alpha value is -2.39. The van der Waals surface area contributed by atoms with Crippen LogP contribution in [0.4, 0.5) is 0 Å². The van der Waals surface area contributed by atoms with Crippen molar-refractivity contribution in [3.05, 3.63) is 23.3 Å². The van der Waals surface area contributed by atoms with Gasteiger partial charge in [0.2, 0.25) is 0 Å². The molecule has 8 nitrogen and oxygen atoms in total. The van der Waals surface area contributed by atoms with Crippen LogP contribution < -0.4 is 4.74 Å². The van der Waals surface area contributed by atoms with Gasteiger partial charge in [-0.05, 0) is 73.1 Å². The van der Waals surface area contributed by atoms with Crippen molar-refractivity contribution in [2.45, 2.75) is 101 Å². The molecule has 0 amide bonds. The molecule has 0 spiro atoms. The Kier molecular flexibility index (Phi) is 6.00. The second-order valence-electron chi connectivity index (χ2n) is 13.6. The average molecular weight is 569 g/mol. The fourth-order valence-corrected chi connectivity index (χ4v) is 9.41. The van der Waals surface area contributed by atoms with Gasteiger partial charge in [-0.15, -0.1) is 12.6 Å². The maximum atomic E-state index is 13.7. The van der Waals surface area contributed by atoms with Gasteiger partial charge in [0.25, 0.3) is 0 Å². The lowest BCUT2D eigenvalue weighted by molar-refractivity contribution is -0.186. The molecule has 4 saturated carbocycles. The van der Waals surface area contributed by atoms with Crippen molar-refractivity contribution in [3.63, 3.8) is 0 Å². The third kappa shape index (κ3) is 3.75. The third-order valence-corrected chi connectivity index (χ3v) is 11.0. The Balaban J connectivity index is 1.13. The minimum atomic E-state index is -0.937. The van der Waals surface area contributed by atoms with Crippen molar-refractivity contribution < 1.29 is 38.1 Å². The molecule has 3 heterocycles. The molecule has 3 aliphatic heterocycles. The topological polar surface area (TPSA) is 105 Å². The van der Waals surface area contributed by atoms with Crippen LogP contribution in [0.25, 0.3) is 0 Å². The zero-order valence-corrected chi connectivity index (χ0v) is 24.1. The second-order valence-corrected chi connectivity index (χ2v) is 14.0. The van der Waals surface area contributed by atoms with Crippen molar-refractivity contribution >= 4 is 36.3 Å². The van der Waals surface area contributed by atoms with Gasteiger partial charge in [-0.3, -0.25) is 19.2 Å². The van der Waals surface area contributed by atoms with E-state index in [9.17, 15) is 19.2 Å². The van der Waals surface area contributed by atoms with Gasteiger partial charge in [-0.1, -0.05) is 27.7 Å². The van der Waals surface area contributed by atoms with Gasteiger partial charge in [0, 0.05) is 16.7 Å². The van der Waals surface area contributed by atoms with Crippen LogP contribution in [-0.2, 0) is 33.4 Å². The summed E-state index contributed by atoms with van der Waals surface area (Å²) in [6.07, 6.45) is 0.424. The fourth-order valence-electron chi connectivity index (χ4n) is 8.76. The highest BCUT2D eigenvalue weighted by Gasteiger charge is 2.72. The van der Waals surface area contributed by atoms with E-state index in [2.05, 4.69) is 27.7 Å². The average Bonchev–Trinajstić information content (AvgIpc) is 3.51. The Morgan fingerprint density at radius 2 is 1.57 bits per heavy atom. The Morgan fingerprint density at radius 3 is 2.17 bits per heavy atom. The summed E-state index contributed by atoms with van der Waals surface area (Å²) in [6, 6.07) is 3.65. The minimum absolute atomic E-state index is 0.0680. The van der Waals surface area contributed by atoms with E-state index < -0.39 is 53.6 Å². The molecule has 4 aliphatic carbocycles. The first-order valence-corrected chi connectivity index (χ1v) is 15.1. The molecule has 6 bridgehead atoms. The summed E-state index contributed by atoms with van der Waals surface area (Å²) in [7, 11) is 0. The Labute approximate surface area is 239 Å². The van der Waals surface area contributed by atoms with E-state index in [4.69, 9.17) is 31.6 Å². The van der Waals surface area contributed by atoms with E-state index in [-0.39, 0.29) is 29.6 Å². The number of esters is 3. The highest BCUT2D eigenvalue weighted by molar-refractivity contribution is 7.80. The molecule has 8 atom stereocenters. The van der Waals surface area contributed by atoms with E-state index in [0.717, 1.165) is 35.3 Å². The van der Waals surface area contributed by atoms with Crippen molar-refractivity contribution in [3.8, 4) is 5.75 Å². The molecule has 40 heavy (non-hydrogen) atoms. The van der Waals surface area contributed by atoms with Crippen LogP contribution in [0.5, 0.6) is 5.75 Å². The molecule has 9 heteroatoms. The highest BCUT2D eigenvalue weighted by Crippen LogP contribution is 2.60. The first kappa shape index (κ1) is 26.5. The van der Waals surface area contributed by atoms with Crippen LogP contribution in [0.15, 0.2) is 17.0 Å². The molecule has 214 valence electrons. The molecule has 8 unspecified atom stereocenters. The van der Waals surface area contributed by atoms with Gasteiger partial charge in [0.1, 0.15) is 35.6 Å². The maximum Gasteiger partial charge on any atom is 0.318 e. The largest absolute Gasteiger partial charge is 0.455 e. The highest BCUT2D eigenvalue weighted by atomic mass is 32.1. The van der Waals surface area contributed by atoms with E-state index >= 15 is 0 Å². The predicted octanol–water partition coefficient (Wildman–Crippen LogP) is 4.37. The Bertz CT molecular complexity index is 1270. The number of Topliss-reactive ketones (excluding diaryl/α,β-unsaturated/α-hetero) is 1. The maximum absolute atomic E-state index is 13.7. The summed E-state index contributed by atoms with van der Waals surface area (Å²) in [5.41, 5.74) is 1.27. The van der Waals surface area contributed by atoms with Crippen molar-refractivity contribution in [1.82, 2.24) is 0 Å². The van der Waals surface area contributed by atoms with E-state index in [1.807, 2.05) is 12.1 Å². The fraction of sp³-hybridized carbons (Fsp3) is 0.677. The number of ether oxygens (including phenoxy) is 4. The molecule has 1 aromatic rings. The van der Waals surface area contributed by atoms with Crippen LogP contribution in [-0.4, -0.2) is 48.1 Å².